The van der Waals surface area contributed by atoms with E-state index in [0.29, 0.717) is 18.9 Å². The number of hydrogen-bond donors (Lipinski definition) is 1. The van der Waals surface area contributed by atoms with Crippen LogP contribution in [-0.2, 0) is 15.7 Å². The van der Waals surface area contributed by atoms with E-state index >= 15 is 0 Å². The molecule has 0 spiro atoms. The van der Waals surface area contributed by atoms with Gasteiger partial charge in [-0.15, -0.1) is 10.2 Å². The summed E-state index contributed by atoms with van der Waals surface area (Å²) in [5.74, 6) is -0.372. The van der Waals surface area contributed by atoms with Crippen LogP contribution in [0.2, 0.25) is 0 Å². The summed E-state index contributed by atoms with van der Waals surface area (Å²) in [6, 6.07) is 11.3. The second-order valence-electron chi connectivity index (χ2n) is 7.32. The van der Waals surface area contributed by atoms with E-state index in [1.165, 1.54) is 12.1 Å². The van der Waals surface area contributed by atoms with Gasteiger partial charge in [-0.25, -0.2) is 0 Å². The van der Waals surface area contributed by atoms with Gasteiger partial charge in [0.05, 0.1) is 18.8 Å². The number of amides is 1. The van der Waals surface area contributed by atoms with Crippen LogP contribution in [0.4, 0.5) is 24.5 Å². The molecule has 168 valence electrons. The highest BCUT2D eigenvalue weighted by atomic mass is 19.4. The van der Waals surface area contributed by atoms with Gasteiger partial charge in [0.25, 0.3) is 5.91 Å². The lowest BCUT2D eigenvalue weighted by atomic mass is 10.1. The first-order valence-corrected chi connectivity index (χ1v) is 10.0. The number of ether oxygens (including phenoxy) is 1. The zero-order chi connectivity index (χ0) is 22.7. The number of alkyl halides is 3. The average Bonchev–Trinajstić information content (AvgIpc) is 3.29. The lowest BCUT2D eigenvalue weighted by Crippen LogP contribution is -2.36. The lowest BCUT2D eigenvalue weighted by Gasteiger charge is -2.28. The van der Waals surface area contributed by atoms with Gasteiger partial charge in [-0.3, -0.25) is 4.79 Å². The van der Waals surface area contributed by atoms with Crippen LogP contribution in [0.25, 0.3) is 11.4 Å². The van der Waals surface area contributed by atoms with Crippen molar-refractivity contribution in [3.63, 3.8) is 0 Å². The number of halogens is 3. The van der Waals surface area contributed by atoms with E-state index in [-0.39, 0.29) is 17.3 Å². The molecular formula is C21H21F3N6O2. The summed E-state index contributed by atoms with van der Waals surface area (Å²) in [5, 5.41) is 14.5. The first kappa shape index (κ1) is 21.8. The summed E-state index contributed by atoms with van der Waals surface area (Å²) < 4.78 is 44.2. The maximum absolute atomic E-state index is 12.9. The van der Waals surface area contributed by atoms with Crippen LogP contribution in [-0.4, -0.2) is 52.4 Å². The van der Waals surface area contributed by atoms with Gasteiger partial charge < -0.3 is 15.0 Å². The van der Waals surface area contributed by atoms with Crippen molar-refractivity contribution < 1.29 is 22.7 Å². The Kier molecular flexibility index (Phi) is 6.08. The van der Waals surface area contributed by atoms with Gasteiger partial charge in [0, 0.05) is 30.0 Å². The predicted octanol–water partition coefficient (Wildman–Crippen LogP) is 3.40. The Hall–Kier alpha value is -3.47. The van der Waals surface area contributed by atoms with Gasteiger partial charge >= 0.3 is 6.18 Å². The second-order valence-corrected chi connectivity index (χ2v) is 7.32. The monoisotopic (exact) mass is 446 g/mol. The van der Waals surface area contributed by atoms with Crippen LogP contribution in [0, 0.1) is 0 Å². The first-order chi connectivity index (χ1) is 15.3. The smallest absolute Gasteiger partial charge is 0.378 e. The lowest BCUT2D eigenvalue weighted by molar-refractivity contribution is -0.137. The number of nitrogens with zero attached hydrogens (tertiary/aromatic N) is 5. The Balaban J connectivity index is 1.42. The van der Waals surface area contributed by atoms with Crippen molar-refractivity contribution >= 4 is 17.3 Å². The minimum absolute atomic E-state index is 0.00520. The Morgan fingerprint density at radius 3 is 2.53 bits per heavy atom. The zero-order valence-corrected chi connectivity index (χ0v) is 17.2. The summed E-state index contributed by atoms with van der Waals surface area (Å²) >= 11 is 0. The van der Waals surface area contributed by atoms with E-state index in [0.717, 1.165) is 35.7 Å². The maximum atomic E-state index is 12.9. The number of benzene rings is 2. The second kappa shape index (κ2) is 8.95. The van der Waals surface area contributed by atoms with Crippen molar-refractivity contribution in [3.05, 3.63) is 54.1 Å². The third-order valence-corrected chi connectivity index (χ3v) is 5.11. The minimum Gasteiger partial charge on any atom is -0.378 e. The van der Waals surface area contributed by atoms with E-state index in [4.69, 9.17) is 4.74 Å². The molecule has 0 aliphatic carbocycles. The molecule has 1 aliphatic heterocycles. The molecule has 0 saturated carbocycles. The summed E-state index contributed by atoms with van der Waals surface area (Å²) in [4.78, 5) is 15.9. The molecular weight excluding hydrogens is 425 g/mol. The van der Waals surface area contributed by atoms with E-state index in [1.54, 1.807) is 19.1 Å². The Bertz CT molecular complexity index is 1080. The molecule has 1 fully saturated rings. The molecule has 1 N–H and O–H groups in total. The number of hydrogen-bond acceptors (Lipinski definition) is 6. The van der Waals surface area contributed by atoms with Crippen molar-refractivity contribution in [2.24, 2.45) is 0 Å². The SMILES string of the molecule is CC(C(=O)Nc1ccc(N2CCOCC2)cc1)n1nnc(-c2cccc(C(F)(F)F)c2)n1. The molecule has 32 heavy (non-hydrogen) atoms. The number of carbonyl (C=O) groups is 1. The normalized spacial score (nSPS) is 15.4. The third kappa shape index (κ3) is 4.88. The van der Waals surface area contributed by atoms with Crippen molar-refractivity contribution in [2.75, 3.05) is 36.5 Å². The molecule has 1 aliphatic rings. The summed E-state index contributed by atoms with van der Waals surface area (Å²) in [5.41, 5.74) is 1.01. The number of rotatable bonds is 5. The number of nitrogens with one attached hydrogen (secondary N) is 1. The Labute approximate surface area is 182 Å². The molecule has 4 rings (SSSR count). The number of anilines is 2. The van der Waals surface area contributed by atoms with E-state index in [9.17, 15) is 18.0 Å². The summed E-state index contributed by atoms with van der Waals surface area (Å²) in [6.07, 6.45) is -4.48. The number of aromatic nitrogens is 4. The van der Waals surface area contributed by atoms with Crippen LogP contribution >= 0.6 is 0 Å². The fourth-order valence-corrected chi connectivity index (χ4v) is 3.27. The van der Waals surface area contributed by atoms with E-state index < -0.39 is 17.8 Å². The molecule has 1 atom stereocenters. The standard InChI is InChI=1S/C21H21F3N6O2/c1-14(20(31)25-17-5-7-18(8-6-17)29-9-11-32-12-10-29)30-27-19(26-28-30)15-3-2-4-16(13-15)21(22,23)24/h2-8,13-14H,9-12H2,1H3,(H,25,31). The molecule has 2 heterocycles. The van der Waals surface area contributed by atoms with Crippen LogP contribution in [0.3, 0.4) is 0 Å². The average molecular weight is 446 g/mol. The quantitative estimate of drug-likeness (QED) is 0.647. The van der Waals surface area contributed by atoms with Gasteiger partial charge in [0.15, 0.2) is 0 Å². The minimum atomic E-state index is -4.48. The fourth-order valence-electron chi connectivity index (χ4n) is 3.27. The number of tetrazole rings is 1. The van der Waals surface area contributed by atoms with E-state index in [1.807, 2.05) is 12.1 Å². The zero-order valence-electron chi connectivity index (χ0n) is 17.2. The molecule has 0 bridgehead atoms. The van der Waals surface area contributed by atoms with Gasteiger partial charge in [0.1, 0.15) is 6.04 Å². The van der Waals surface area contributed by atoms with Crippen LogP contribution in [0.5, 0.6) is 0 Å². The van der Waals surface area contributed by atoms with Crippen molar-refractivity contribution in [2.45, 2.75) is 19.1 Å². The highest BCUT2D eigenvalue weighted by molar-refractivity contribution is 5.93. The number of morpholine rings is 1. The molecule has 11 heteroatoms. The van der Waals surface area contributed by atoms with Crippen LogP contribution in [0.15, 0.2) is 48.5 Å². The van der Waals surface area contributed by atoms with Gasteiger partial charge in [-0.1, -0.05) is 12.1 Å². The third-order valence-electron chi connectivity index (χ3n) is 5.11. The van der Waals surface area contributed by atoms with Crippen molar-refractivity contribution in [3.8, 4) is 11.4 Å². The van der Waals surface area contributed by atoms with Gasteiger partial charge in [-0.2, -0.15) is 18.0 Å². The van der Waals surface area contributed by atoms with Gasteiger partial charge in [0.2, 0.25) is 5.82 Å². The molecule has 0 radical (unpaired) electrons. The molecule has 1 unspecified atom stereocenters. The van der Waals surface area contributed by atoms with E-state index in [2.05, 4.69) is 25.6 Å². The first-order valence-electron chi connectivity index (χ1n) is 10.0. The van der Waals surface area contributed by atoms with Crippen LogP contribution < -0.4 is 10.2 Å². The Morgan fingerprint density at radius 2 is 1.84 bits per heavy atom. The van der Waals surface area contributed by atoms with Crippen molar-refractivity contribution in [1.29, 1.82) is 0 Å². The topological polar surface area (TPSA) is 85.2 Å². The molecule has 1 amide bonds. The predicted molar refractivity (Wildman–Crippen MR) is 111 cm³/mol. The van der Waals surface area contributed by atoms with Crippen LogP contribution in [0.1, 0.15) is 18.5 Å². The summed E-state index contributed by atoms with van der Waals surface area (Å²) in [7, 11) is 0. The molecule has 1 saturated heterocycles. The molecule has 2 aromatic carbocycles. The largest absolute Gasteiger partial charge is 0.416 e. The highest BCUT2D eigenvalue weighted by Crippen LogP contribution is 2.31. The molecule has 3 aromatic rings. The molecule has 8 nitrogen and oxygen atoms in total. The van der Waals surface area contributed by atoms with Gasteiger partial charge in [-0.05, 0) is 48.5 Å². The highest BCUT2D eigenvalue weighted by Gasteiger charge is 2.31. The summed E-state index contributed by atoms with van der Waals surface area (Å²) in [6.45, 7) is 4.58. The maximum Gasteiger partial charge on any atom is 0.416 e. The Morgan fingerprint density at radius 1 is 1.12 bits per heavy atom. The number of carbonyl (C=O) groups excluding carboxylic acids is 1. The van der Waals surface area contributed by atoms with Crippen molar-refractivity contribution in [1.82, 2.24) is 20.2 Å². The molecule has 1 aromatic heterocycles. The fraction of sp³-hybridized carbons (Fsp3) is 0.333.